The van der Waals surface area contributed by atoms with Crippen molar-refractivity contribution >= 4 is 0 Å². The number of rotatable bonds is 2. The van der Waals surface area contributed by atoms with E-state index in [1.807, 2.05) is 18.2 Å². The molecule has 2 unspecified atom stereocenters. The molecule has 1 fully saturated rings. The van der Waals surface area contributed by atoms with Gasteiger partial charge in [-0.1, -0.05) is 43.2 Å². The summed E-state index contributed by atoms with van der Waals surface area (Å²) in [5.74, 6) is 2.83. The largest absolute Gasteiger partial charge is 0.388 e. The number of hydrogen-bond acceptors (Lipinski definition) is 1. The summed E-state index contributed by atoms with van der Waals surface area (Å²) in [6.45, 7) is 0. The van der Waals surface area contributed by atoms with E-state index >= 15 is 0 Å². The van der Waals surface area contributed by atoms with E-state index in [9.17, 15) is 5.11 Å². The Morgan fingerprint density at radius 3 is 2.75 bits per heavy atom. The summed E-state index contributed by atoms with van der Waals surface area (Å²) in [4.78, 5) is 0. The molecule has 1 N–H and O–H groups in total. The van der Waals surface area contributed by atoms with Gasteiger partial charge in [-0.2, -0.15) is 0 Å². The van der Waals surface area contributed by atoms with Crippen LogP contribution in [0, 0.1) is 12.3 Å². The van der Waals surface area contributed by atoms with Gasteiger partial charge in [0.05, 0.1) is 5.60 Å². The minimum absolute atomic E-state index is 0.207. The standard InChI is InChI=1S/C15H18O/c1-2-11-15(16)12-7-6-10-14(15)13-8-4-3-5-9-13/h1,3-5,8-9,14,16H,6-7,10-12H2. The second kappa shape index (κ2) is 4.72. The molecule has 1 saturated carbocycles. The van der Waals surface area contributed by atoms with E-state index in [2.05, 4.69) is 18.1 Å². The van der Waals surface area contributed by atoms with Gasteiger partial charge in [0.25, 0.3) is 0 Å². The third-order valence-electron chi connectivity index (χ3n) is 3.61. The van der Waals surface area contributed by atoms with E-state index < -0.39 is 5.60 Å². The minimum Gasteiger partial charge on any atom is -0.388 e. The minimum atomic E-state index is -0.686. The van der Waals surface area contributed by atoms with Crippen molar-refractivity contribution in [1.29, 1.82) is 0 Å². The first-order valence-electron chi connectivity index (χ1n) is 5.97. The molecule has 0 saturated heterocycles. The highest BCUT2D eigenvalue weighted by Gasteiger charge is 2.38. The molecule has 1 nitrogen and oxygen atoms in total. The van der Waals surface area contributed by atoms with Crippen molar-refractivity contribution < 1.29 is 5.11 Å². The summed E-state index contributed by atoms with van der Waals surface area (Å²) in [6.07, 6.45) is 9.99. The van der Waals surface area contributed by atoms with Crippen molar-refractivity contribution in [2.75, 3.05) is 0 Å². The van der Waals surface area contributed by atoms with Gasteiger partial charge in [0.15, 0.2) is 0 Å². The van der Waals surface area contributed by atoms with Crippen molar-refractivity contribution in [2.45, 2.75) is 43.6 Å². The average molecular weight is 214 g/mol. The highest BCUT2D eigenvalue weighted by Crippen LogP contribution is 2.42. The molecule has 16 heavy (non-hydrogen) atoms. The van der Waals surface area contributed by atoms with E-state index in [0.29, 0.717) is 6.42 Å². The van der Waals surface area contributed by atoms with Crippen LogP contribution >= 0.6 is 0 Å². The Morgan fingerprint density at radius 2 is 2.06 bits per heavy atom. The van der Waals surface area contributed by atoms with Gasteiger partial charge in [0.1, 0.15) is 0 Å². The molecule has 0 amide bonds. The van der Waals surface area contributed by atoms with Crippen molar-refractivity contribution in [1.82, 2.24) is 0 Å². The first-order chi connectivity index (χ1) is 7.76. The van der Waals surface area contributed by atoms with Crippen LogP contribution in [0.1, 0.15) is 43.6 Å². The second-order valence-corrected chi connectivity index (χ2v) is 4.69. The van der Waals surface area contributed by atoms with E-state index in [4.69, 9.17) is 6.42 Å². The molecular weight excluding hydrogens is 196 g/mol. The van der Waals surface area contributed by atoms with Crippen LogP contribution in [0.25, 0.3) is 0 Å². The zero-order valence-corrected chi connectivity index (χ0v) is 9.52. The third-order valence-corrected chi connectivity index (χ3v) is 3.61. The molecule has 0 bridgehead atoms. The van der Waals surface area contributed by atoms with Crippen molar-refractivity contribution in [3.63, 3.8) is 0 Å². The fourth-order valence-corrected chi connectivity index (χ4v) is 2.77. The average Bonchev–Trinajstić information content (AvgIpc) is 2.31. The van der Waals surface area contributed by atoms with Gasteiger partial charge in [0.2, 0.25) is 0 Å². The lowest BCUT2D eigenvalue weighted by atomic mass is 9.70. The summed E-state index contributed by atoms with van der Waals surface area (Å²) in [5, 5.41) is 10.6. The lowest BCUT2D eigenvalue weighted by Gasteiger charge is -2.39. The zero-order valence-electron chi connectivity index (χ0n) is 9.52. The molecule has 0 radical (unpaired) electrons. The van der Waals surface area contributed by atoms with Gasteiger partial charge in [-0.15, -0.1) is 12.3 Å². The molecule has 1 aromatic carbocycles. The van der Waals surface area contributed by atoms with Crippen LogP contribution in [-0.4, -0.2) is 10.7 Å². The molecule has 1 aromatic rings. The molecule has 0 spiro atoms. The Morgan fingerprint density at radius 1 is 1.31 bits per heavy atom. The maximum atomic E-state index is 10.6. The van der Waals surface area contributed by atoms with Crippen LogP contribution < -0.4 is 0 Å². The Labute approximate surface area is 97.5 Å². The van der Waals surface area contributed by atoms with Crippen LogP contribution in [0.3, 0.4) is 0 Å². The third kappa shape index (κ3) is 2.13. The fraction of sp³-hybridized carbons (Fsp3) is 0.467. The predicted molar refractivity (Wildman–Crippen MR) is 66.1 cm³/mol. The van der Waals surface area contributed by atoms with Gasteiger partial charge in [0, 0.05) is 12.3 Å². The predicted octanol–water partition coefficient (Wildman–Crippen LogP) is 3.10. The number of aliphatic hydroxyl groups is 1. The van der Waals surface area contributed by atoms with Gasteiger partial charge in [-0.05, 0) is 18.4 Å². The van der Waals surface area contributed by atoms with E-state index in [1.54, 1.807) is 0 Å². The summed E-state index contributed by atoms with van der Waals surface area (Å²) >= 11 is 0. The molecule has 1 aliphatic carbocycles. The molecule has 0 aliphatic heterocycles. The zero-order chi connectivity index (χ0) is 11.4. The lowest BCUT2D eigenvalue weighted by molar-refractivity contribution is -0.0124. The van der Waals surface area contributed by atoms with Crippen molar-refractivity contribution in [3.05, 3.63) is 35.9 Å². The summed E-state index contributed by atoms with van der Waals surface area (Å²) in [6, 6.07) is 10.3. The molecule has 2 rings (SSSR count). The lowest BCUT2D eigenvalue weighted by Crippen LogP contribution is -2.38. The van der Waals surface area contributed by atoms with Gasteiger partial charge in [-0.25, -0.2) is 0 Å². The van der Waals surface area contributed by atoms with E-state index in [0.717, 1.165) is 19.3 Å². The summed E-state index contributed by atoms with van der Waals surface area (Å²) in [7, 11) is 0. The van der Waals surface area contributed by atoms with Crippen molar-refractivity contribution in [2.24, 2.45) is 0 Å². The van der Waals surface area contributed by atoms with Crippen LogP contribution in [-0.2, 0) is 0 Å². The SMILES string of the molecule is C#CCC1(O)CCCCC1c1ccccc1. The summed E-state index contributed by atoms with van der Waals surface area (Å²) in [5.41, 5.74) is 0.536. The quantitative estimate of drug-likeness (QED) is 0.750. The Balaban J connectivity index is 2.27. The number of terminal acetylenes is 1. The van der Waals surface area contributed by atoms with Crippen LogP contribution in [0.15, 0.2) is 30.3 Å². The molecule has 0 heterocycles. The molecular formula is C15H18O. The van der Waals surface area contributed by atoms with Gasteiger partial charge >= 0.3 is 0 Å². The first-order valence-corrected chi connectivity index (χ1v) is 5.97. The van der Waals surface area contributed by atoms with E-state index in [-0.39, 0.29) is 5.92 Å². The highest BCUT2D eigenvalue weighted by atomic mass is 16.3. The Hall–Kier alpha value is -1.26. The van der Waals surface area contributed by atoms with Crippen LogP contribution in [0.2, 0.25) is 0 Å². The smallest absolute Gasteiger partial charge is 0.0824 e. The molecule has 0 aromatic heterocycles. The highest BCUT2D eigenvalue weighted by molar-refractivity contribution is 5.24. The van der Waals surface area contributed by atoms with Gasteiger partial charge in [-0.3, -0.25) is 0 Å². The Kier molecular flexibility index (Phi) is 3.31. The molecule has 2 atom stereocenters. The van der Waals surface area contributed by atoms with Crippen LogP contribution in [0.5, 0.6) is 0 Å². The van der Waals surface area contributed by atoms with Crippen LogP contribution in [0.4, 0.5) is 0 Å². The van der Waals surface area contributed by atoms with Crippen molar-refractivity contribution in [3.8, 4) is 12.3 Å². The van der Waals surface area contributed by atoms with Gasteiger partial charge < -0.3 is 5.11 Å². The maximum absolute atomic E-state index is 10.6. The topological polar surface area (TPSA) is 20.2 Å². The summed E-state index contributed by atoms with van der Waals surface area (Å²) < 4.78 is 0. The first kappa shape index (κ1) is 11.2. The number of hydrogen-bond donors (Lipinski definition) is 1. The molecule has 1 heteroatoms. The molecule has 84 valence electrons. The molecule has 1 aliphatic rings. The Bertz CT molecular complexity index is 376. The normalized spacial score (nSPS) is 29.6. The number of benzene rings is 1. The second-order valence-electron chi connectivity index (χ2n) is 4.69. The monoisotopic (exact) mass is 214 g/mol. The fourth-order valence-electron chi connectivity index (χ4n) is 2.77. The maximum Gasteiger partial charge on any atom is 0.0824 e. The van der Waals surface area contributed by atoms with E-state index in [1.165, 1.54) is 12.0 Å².